The standard InChI is InChI=1S/C4H8N2O6/c5-4(10)11-2(8)1(7)3(9)12-6/h1-2,7-8H,6H2,(H2,5,10). The molecule has 0 aromatic carbocycles. The molecule has 0 aliphatic carbocycles. The third kappa shape index (κ3) is 3.14. The van der Waals surface area contributed by atoms with Gasteiger partial charge in [0, 0.05) is 0 Å². The van der Waals surface area contributed by atoms with Gasteiger partial charge in [0.15, 0.2) is 0 Å². The first-order valence-corrected chi connectivity index (χ1v) is 2.71. The Morgan fingerprint density at radius 1 is 1.33 bits per heavy atom. The lowest BCUT2D eigenvalue weighted by molar-refractivity contribution is -0.178. The number of rotatable bonds is 3. The summed E-state index contributed by atoms with van der Waals surface area (Å²) in [5.74, 6) is 3.01. The van der Waals surface area contributed by atoms with Crippen LogP contribution in [0.3, 0.4) is 0 Å². The summed E-state index contributed by atoms with van der Waals surface area (Å²) < 4.78 is 3.82. The van der Waals surface area contributed by atoms with E-state index in [4.69, 9.17) is 10.2 Å². The highest BCUT2D eigenvalue weighted by Gasteiger charge is 2.28. The van der Waals surface area contributed by atoms with Crippen molar-refractivity contribution in [1.82, 2.24) is 0 Å². The smallest absolute Gasteiger partial charge is 0.406 e. The molecule has 70 valence electrons. The molecule has 0 spiro atoms. The fourth-order valence-corrected chi connectivity index (χ4v) is 0.370. The molecule has 0 fully saturated rings. The molecule has 0 rings (SSSR count). The van der Waals surface area contributed by atoms with Gasteiger partial charge in [0.2, 0.25) is 12.4 Å². The van der Waals surface area contributed by atoms with Crippen LogP contribution in [0.5, 0.6) is 0 Å². The van der Waals surface area contributed by atoms with Gasteiger partial charge in [0.25, 0.3) is 0 Å². The number of hydrogen-bond acceptors (Lipinski definition) is 7. The van der Waals surface area contributed by atoms with Gasteiger partial charge >= 0.3 is 12.1 Å². The SMILES string of the molecule is NOC(=O)C(O)C(O)OC(N)=O. The number of aliphatic hydroxyl groups excluding tert-OH is 2. The molecule has 8 heteroatoms. The Labute approximate surface area is 66.6 Å². The first kappa shape index (κ1) is 10.6. The fourth-order valence-electron chi connectivity index (χ4n) is 0.370. The highest BCUT2D eigenvalue weighted by molar-refractivity contribution is 5.75. The number of nitrogens with two attached hydrogens (primary N) is 2. The minimum absolute atomic E-state index is 1.34. The maximum absolute atomic E-state index is 10.3. The van der Waals surface area contributed by atoms with Crippen LogP contribution in [-0.2, 0) is 14.4 Å². The van der Waals surface area contributed by atoms with Crippen molar-refractivity contribution in [2.24, 2.45) is 11.6 Å². The Morgan fingerprint density at radius 2 is 1.83 bits per heavy atom. The number of primary amides is 1. The van der Waals surface area contributed by atoms with E-state index in [-0.39, 0.29) is 0 Å². The van der Waals surface area contributed by atoms with Crippen LogP contribution in [-0.4, -0.2) is 34.7 Å². The van der Waals surface area contributed by atoms with Crippen LogP contribution in [0, 0.1) is 0 Å². The average Bonchev–Trinajstić information content (AvgIpc) is 2.00. The van der Waals surface area contributed by atoms with Crippen LogP contribution >= 0.6 is 0 Å². The molecular formula is C4H8N2O6. The van der Waals surface area contributed by atoms with Crippen molar-refractivity contribution in [3.8, 4) is 0 Å². The number of ether oxygens (including phenoxy) is 1. The van der Waals surface area contributed by atoms with E-state index < -0.39 is 24.5 Å². The Hall–Kier alpha value is -1.38. The second kappa shape index (κ2) is 4.49. The van der Waals surface area contributed by atoms with Gasteiger partial charge in [-0.25, -0.2) is 9.59 Å². The zero-order chi connectivity index (χ0) is 9.72. The van der Waals surface area contributed by atoms with E-state index in [2.05, 4.69) is 21.2 Å². The van der Waals surface area contributed by atoms with Crippen molar-refractivity contribution in [2.45, 2.75) is 12.4 Å². The van der Waals surface area contributed by atoms with Gasteiger partial charge in [-0.15, -0.1) is 0 Å². The zero-order valence-corrected chi connectivity index (χ0v) is 5.84. The first-order valence-electron chi connectivity index (χ1n) is 2.71. The number of amides is 1. The van der Waals surface area contributed by atoms with E-state index in [0.29, 0.717) is 0 Å². The zero-order valence-electron chi connectivity index (χ0n) is 5.84. The lowest BCUT2D eigenvalue weighted by Crippen LogP contribution is -2.40. The molecule has 0 radical (unpaired) electrons. The Morgan fingerprint density at radius 3 is 2.17 bits per heavy atom. The molecule has 0 saturated heterocycles. The van der Waals surface area contributed by atoms with E-state index in [1.165, 1.54) is 0 Å². The second-order valence-corrected chi connectivity index (χ2v) is 1.71. The summed E-state index contributed by atoms with van der Waals surface area (Å²) in [5.41, 5.74) is 4.46. The largest absolute Gasteiger partial charge is 0.416 e. The van der Waals surface area contributed by atoms with Crippen LogP contribution in [0.1, 0.15) is 0 Å². The maximum Gasteiger partial charge on any atom is 0.406 e. The first-order chi connectivity index (χ1) is 5.49. The van der Waals surface area contributed by atoms with Gasteiger partial charge < -0.3 is 25.5 Å². The molecule has 6 N–H and O–H groups in total. The highest BCUT2D eigenvalue weighted by Crippen LogP contribution is 1.96. The molecule has 0 bridgehead atoms. The van der Waals surface area contributed by atoms with Gasteiger partial charge in [-0.3, -0.25) is 0 Å². The van der Waals surface area contributed by atoms with Crippen molar-refractivity contribution in [3.63, 3.8) is 0 Å². The molecule has 0 aliphatic heterocycles. The molecule has 0 saturated carbocycles. The quantitative estimate of drug-likeness (QED) is 0.270. The molecule has 0 aromatic rings. The van der Waals surface area contributed by atoms with Crippen molar-refractivity contribution >= 4 is 12.1 Å². The summed E-state index contributed by atoms with van der Waals surface area (Å²) in [6, 6.07) is 0. The van der Waals surface area contributed by atoms with Gasteiger partial charge in [-0.2, -0.15) is 5.90 Å². The third-order valence-electron chi connectivity index (χ3n) is 0.865. The Balaban J connectivity index is 4.00. The van der Waals surface area contributed by atoms with Crippen LogP contribution in [0.2, 0.25) is 0 Å². The minimum Gasteiger partial charge on any atom is -0.416 e. The number of hydrogen-bond donors (Lipinski definition) is 4. The van der Waals surface area contributed by atoms with E-state index in [0.717, 1.165) is 0 Å². The summed E-state index contributed by atoms with van der Waals surface area (Å²) in [7, 11) is 0. The van der Waals surface area contributed by atoms with Gasteiger partial charge in [-0.05, 0) is 0 Å². The monoisotopic (exact) mass is 180 g/mol. The number of carbonyl (C=O) groups excluding carboxylic acids is 2. The number of carbonyl (C=O) groups is 2. The highest BCUT2D eigenvalue weighted by atomic mass is 16.7. The third-order valence-corrected chi connectivity index (χ3v) is 0.865. The summed E-state index contributed by atoms with van der Waals surface area (Å²) in [6.45, 7) is 0. The Bertz CT molecular complexity index is 182. The molecule has 1 amide bonds. The van der Waals surface area contributed by atoms with E-state index in [1.54, 1.807) is 0 Å². The van der Waals surface area contributed by atoms with Crippen molar-refractivity contribution < 1.29 is 29.4 Å². The van der Waals surface area contributed by atoms with Gasteiger partial charge in [0.05, 0.1) is 0 Å². The van der Waals surface area contributed by atoms with Crippen molar-refractivity contribution in [2.75, 3.05) is 0 Å². The molecule has 2 unspecified atom stereocenters. The van der Waals surface area contributed by atoms with E-state index >= 15 is 0 Å². The lowest BCUT2D eigenvalue weighted by Gasteiger charge is -2.13. The van der Waals surface area contributed by atoms with Gasteiger partial charge in [0.1, 0.15) is 0 Å². The summed E-state index contributed by atoms with van der Waals surface area (Å²) >= 11 is 0. The molecule has 0 aliphatic rings. The van der Waals surface area contributed by atoms with Crippen LogP contribution < -0.4 is 11.6 Å². The van der Waals surface area contributed by atoms with Crippen molar-refractivity contribution in [3.05, 3.63) is 0 Å². The molecule has 0 aromatic heterocycles. The molecule has 2 atom stereocenters. The van der Waals surface area contributed by atoms with E-state index in [1.807, 2.05) is 0 Å². The maximum atomic E-state index is 10.3. The molecule has 0 heterocycles. The normalized spacial score (nSPS) is 14.6. The topological polar surface area (TPSA) is 145 Å². The van der Waals surface area contributed by atoms with Crippen LogP contribution in [0.4, 0.5) is 4.79 Å². The average molecular weight is 180 g/mol. The minimum atomic E-state index is -2.08. The lowest BCUT2D eigenvalue weighted by atomic mass is 10.3. The predicted molar refractivity (Wildman–Crippen MR) is 33.0 cm³/mol. The fraction of sp³-hybridized carbons (Fsp3) is 0.500. The summed E-state index contributed by atoms with van der Waals surface area (Å²) in [6.07, 6.45) is -5.49. The van der Waals surface area contributed by atoms with Crippen molar-refractivity contribution in [1.29, 1.82) is 0 Å². The predicted octanol–water partition coefficient (Wildman–Crippen LogP) is -2.82. The van der Waals surface area contributed by atoms with Gasteiger partial charge in [-0.1, -0.05) is 0 Å². The second-order valence-electron chi connectivity index (χ2n) is 1.71. The molecule has 12 heavy (non-hydrogen) atoms. The summed E-state index contributed by atoms with van der Waals surface area (Å²) in [4.78, 5) is 23.8. The van der Waals surface area contributed by atoms with Crippen LogP contribution in [0.15, 0.2) is 0 Å². The molecule has 8 nitrogen and oxygen atoms in total. The Kier molecular flexibility index (Phi) is 3.97. The summed E-state index contributed by atoms with van der Waals surface area (Å²) in [5, 5.41) is 17.4. The molecular weight excluding hydrogens is 172 g/mol. The van der Waals surface area contributed by atoms with Crippen LogP contribution in [0.25, 0.3) is 0 Å². The van der Waals surface area contributed by atoms with E-state index in [9.17, 15) is 9.59 Å². The number of aliphatic hydroxyl groups is 2.